The highest BCUT2D eigenvalue weighted by Crippen LogP contribution is 2.33. The van der Waals surface area contributed by atoms with E-state index in [4.69, 9.17) is 4.74 Å². The number of benzene rings is 1. The van der Waals surface area contributed by atoms with Crippen LogP contribution in [0.15, 0.2) is 29.8 Å². The Morgan fingerprint density at radius 1 is 1.14 bits per heavy atom. The lowest BCUT2D eigenvalue weighted by Crippen LogP contribution is -2.48. The molecule has 0 saturated carbocycles. The maximum atomic E-state index is 12.2. The first-order valence-corrected chi connectivity index (χ1v) is 6.11. The van der Waals surface area contributed by atoms with E-state index in [1.807, 2.05) is 0 Å². The van der Waals surface area contributed by atoms with Gasteiger partial charge in [0.1, 0.15) is 0 Å². The van der Waals surface area contributed by atoms with E-state index in [9.17, 15) is 19.5 Å². The Morgan fingerprint density at radius 2 is 1.76 bits per heavy atom. The van der Waals surface area contributed by atoms with E-state index in [2.05, 4.69) is 0 Å². The topological polar surface area (TPSA) is 86.9 Å². The number of amidine groups is 1. The van der Waals surface area contributed by atoms with Gasteiger partial charge in [-0.05, 0) is 6.07 Å². The molecule has 0 aliphatic carbocycles. The molecule has 0 spiro atoms. The van der Waals surface area contributed by atoms with E-state index in [0.29, 0.717) is 11.1 Å². The van der Waals surface area contributed by atoms with Crippen LogP contribution in [0.2, 0.25) is 0 Å². The molecule has 106 valence electrons. The molecule has 3 rings (SSSR count). The van der Waals surface area contributed by atoms with E-state index in [1.54, 1.807) is 24.3 Å². The standard InChI is InChI=1S/C14H10N2O5/c1-15-11(17)9(12(18)16(2)14(15)20)10-7-5-3-4-6-8(7)13(19)21-10/h3-6H,1-2H3/p+1. The number of nitrogens with zero attached hydrogens (tertiary/aromatic N) is 2. The number of cyclic esters (lactones) is 1. The molecule has 0 saturated heterocycles. The first-order chi connectivity index (χ1) is 9.93. The molecule has 0 radical (unpaired) electrons. The zero-order valence-electron chi connectivity index (χ0n) is 11.3. The maximum absolute atomic E-state index is 12.2. The highest BCUT2D eigenvalue weighted by atomic mass is 16.5. The van der Waals surface area contributed by atoms with E-state index in [-0.39, 0.29) is 11.3 Å². The van der Waals surface area contributed by atoms with Crippen LogP contribution in [0.1, 0.15) is 15.9 Å². The fraction of sp³-hybridized carbons (Fsp3) is 0.143. The molecular formula is C14H11N2O5+. The third-order valence-electron chi connectivity index (χ3n) is 3.45. The van der Waals surface area contributed by atoms with E-state index < -0.39 is 23.8 Å². The van der Waals surface area contributed by atoms with Gasteiger partial charge in [-0.1, -0.05) is 18.2 Å². The largest absolute Gasteiger partial charge is 0.459 e. The van der Waals surface area contributed by atoms with Crippen molar-refractivity contribution in [1.29, 1.82) is 0 Å². The Bertz CT molecular complexity index is 775. The van der Waals surface area contributed by atoms with Gasteiger partial charge < -0.3 is 9.84 Å². The molecule has 0 unspecified atom stereocenters. The normalized spacial score (nSPS) is 21.8. The van der Waals surface area contributed by atoms with Crippen LogP contribution in [0.3, 0.4) is 0 Å². The van der Waals surface area contributed by atoms with Crippen LogP contribution < -0.4 is 0 Å². The Morgan fingerprint density at radius 3 is 2.43 bits per heavy atom. The van der Waals surface area contributed by atoms with Crippen LogP contribution in [-0.2, 0) is 14.3 Å². The minimum Gasteiger partial charge on any atom is -0.446 e. The fourth-order valence-corrected chi connectivity index (χ4v) is 2.28. The number of likely N-dealkylation sites (N-methyl/N-ethyl adjacent to an activating group) is 2. The lowest BCUT2D eigenvalue weighted by molar-refractivity contribution is -0.430. The van der Waals surface area contributed by atoms with Crippen LogP contribution in [0.25, 0.3) is 5.76 Å². The van der Waals surface area contributed by atoms with Gasteiger partial charge in [0, 0.05) is 5.56 Å². The summed E-state index contributed by atoms with van der Waals surface area (Å²) in [6, 6.07) is 6.01. The lowest BCUT2D eigenvalue weighted by atomic mass is 10.0. The van der Waals surface area contributed by atoms with Crippen molar-refractivity contribution in [2.24, 2.45) is 0 Å². The van der Waals surface area contributed by atoms with Gasteiger partial charge in [0.25, 0.3) is 0 Å². The monoisotopic (exact) mass is 287 g/mol. The highest BCUT2D eigenvalue weighted by molar-refractivity contribution is 6.27. The predicted molar refractivity (Wildman–Crippen MR) is 70.4 cm³/mol. The van der Waals surface area contributed by atoms with Crippen molar-refractivity contribution in [2.75, 3.05) is 14.1 Å². The van der Waals surface area contributed by atoms with Crippen molar-refractivity contribution in [3.8, 4) is 0 Å². The number of ether oxygens (including phenoxy) is 1. The lowest BCUT2D eigenvalue weighted by Gasteiger charge is -2.17. The molecule has 0 fully saturated rings. The Labute approximate surface area is 119 Å². The van der Waals surface area contributed by atoms with Crippen LogP contribution in [0, 0.1) is 0 Å². The molecule has 7 heteroatoms. The Hall–Kier alpha value is -2.96. The Kier molecular flexibility index (Phi) is 2.65. The number of hydrogen-bond donors (Lipinski definition) is 1. The molecule has 1 N–H and O–H groups in total. The maximum Gasteiger partial charge on any atom is 0.459 e. The van der Waals surface area contributed by atoms with E-state index in [0.717, 1.165) is 9.48 Å². The van der Waals surface area contributed by atoms with Crippen molar-refractivity contribution in [1.82, 2.24) is 4.90 Å². The summed E-state index contributed by atoms with van der Waals surface area (Å²) < 4.78 is 6.01. The summed E-state index contributed by atoms with van der Waals surface area (Å²) in [6.45, 7) is 0. The van der Waals surface area contributed by atoms with Crippen molar-refractivity contribution < 1.29 is 28.8 Å². The van der Waals surface area contributed by atoms with Crippen LogP contribution in [0.5, 0.6) is 0 Å². The number of aliphatic hydroxyl groups is 1. The third-order valence-corrected chi connectivity index (χ3v) is 3.45. The number of carbonyl (C=O) groups is 3. The molecule has 0 bridgehead atoms. The first-order valence-electron chi connectivity index (χ1n) is 6.11. The average molecular weight is 287 g/mol. The molecular weight excluding hydrogens is 276 g/mol. The summed E-state index contributed by atoms with van der Waals surface area (Å²) in [5.74, 6) is -2.14. The van der Waals surface area contributed by atoms with E-state index >= 15 is 0 Å². The predicted octanol–water partition coefficient (Wildman–Crippen LogP) is 0.123. The van der Waals surface area contributed by atoms with Gasteiger partial charge >= 0.3 is 23.8 Å². The molecule has 0 aromatic heterocycles. The van der Waals surface area contributed by atoms with Crippen LogP contribution >= 0.6 is 0 Å². The molecule has 0 atom stereocenters. The smallest absolute Gasteiger partial charge is 0.446 e. The average Bonchev–Trinajstić information content (AvgIpc) is 2.81. The van der Waals surface area contributed by atoms with Gasteiger partial charge in [0.15, 0.2) is 11.3 Å². The minimum atomic E-state index is -0.727. The summed E-state index contributed by atoms with van der Waals surface area (Å²) in [5.41, 5.74) is 0.406. The number of esters is 1. The second kappa shape index (κ2) is 4.27. The number of aliphatic hydroxyl groups excluding tert-OH is 1. The molecule has 1 aromatic carbocycles. The summed E-state index contributed by atoms with van der Waals surface area (Å²) in [4.78, 5) is 37.2. The zero-order valence-corrected chi connectivity index (χ0v) is 11.3. The summed E-state index contributed by atoms with van der Waals surface area (Å²) in [5, 5.41) is 9.69. The molecule has 2 heterocycles. The number of hydrogen-bond acceptors (Lipinski definition) is 4. The van der Waals surface area contributed by atoms with Gasteiger partial charge in [-0.15, -0.1) is 0 Å². The summed E-state index contributed by atoms with van der Waals surface area (Å²) >= 11 is 0. The second-order valence-electron chi connectivity index (χ2n) is 4.67. The quantitative estimate of drug-likeness (QED) is 0.317. The number of rotatable bonds is 0. The molecule has 7 nitrogen and oxygen atoms in total. The highest BCUT2D eigenvalue weighted by Gasteiger charge is 2.46. The molecule has 21 heavy (non-hydrogen) atoms. The number of amides is 2. The Balaban J connectivity index is 2.28. The fourth-order valence-electron chi connectivity index (χ4n) is 2.28. The molecule has 2 amide bonds. The first kappa shape index (κ1) is 13.0. The van der Waals surface area contributed by atoms with Crippen LogP contribution in [-0.4, -0.2) is 52.5 Å². The third kappa shape index (κ3) is 1.67. The second-order valence-corrected chi connectivity index (χ2v) is 4.67. The summed E-state index contributed by atoms with van der Waals surface area (Å²) in [6.07, 6.45) is 0. The molecule has 2 aliphatic rings. The van der Waals surface area contributed by atoms with Gasteiger partial charge in [-0.25, -0.2) is 14.4 Å². The van der Waals surface area contributed by atoms with Crippen LogP contribution in [0.4, 0.5) is 0 Å². The van der Waals surface area contributed by atoms with Crippen molar-refractivity contribution in [2.45, 2.75) is 0 Å². The summed E-state index contributed by atoms with van der Waals surface area (Å²) in [7, 11) is 2.65. The molecule has 1 aromatic rings. The minimum absolute atomic E-state index is 0.0724. The van der Waals surface area contributed by atoms with E-state index in [1.165, 1.54) is 14.1 Å². The van der Waals surface area contributed by atoms with Gasteiger partial charge in [0.05, 0.1) is 19.7 Å². The zero-order chi connectivity index (χ0) is 15.3. The van der Waals surface area contributed by atoms with Gasteiger partial charge in [-0.3, -0.25) is 0 Å². The SMILES string of the molecule is CN1C(=O)/C(=C2/OC(=O)c3ccccc32)C(=O)[N+](C)=C1O. The van der Waals surface area contributed by atoms with Crippen molar-refractivity contribution >= 4 is 29.6 Å². The van der Waals surface area contributed by atoms with Crippen molar-refractivity contribution in [3.05, 3.63) is 41.0 Å². The van der Waals surface area contributed by atoms with Gasteiger partial charge in [0.2, 0.25) is 0 Å². The van der Waals surface area contributed by atoms with Gasteiger partial charge in [-0.2, -0.15) is 9.48 Å². The number of fused-ring (bicyclic) bond motifs is 1. The number of carbonyl (C=O) groups excluding carboxylic acids is 3. The molecule has 2 aliphatic heterocycles. The van der Waals surface area contributed by atoms with Crippen molar-refractivity contribution in [3.63, 3.8) is 0 Å².